The minimum absolute atomic E-state index is 0.175. The molecule has 1 unspecified atom stereocenters. The van der Waals surface area contributed by atoms with Crippen LogP contribution in [0.2, 0.25) is 0 Å². The second kappa shape index (κ2) is 8.98. The molecule has 0 saturated carbocycles. The number of hydrogen-bond donors (Lipinski definition) is 1. The van der Waals surface area contributed by atoms with Crippen LogP contribution in [0.3, 0.4) is 0 Å². The van der Waals surface area contributed by atoms with E-state index in [9.17, 15) is 4.79 Å². The first-order valence-electron chi connectivity index (χ1n) is 10.6. The fourth-order valence-corrected chi connectivity index (χ4v) is 4.80. The van der Waals surface area contributed by atoms with Gasteiger partial charge < -0.3 is 5.32 Å². The molecule has 1 aromatic heterocycles. The molecule has 4 rings (SSSR count). The number of piperidine rings is 2. The first-order chi connectivity index (χ1) is 13.3. The van der Waals surface area contributed by atoms with Crippen molar-refractivity contribution in [2.75, 3.05) is 26.2 Å². The lowest BCUT2D eigenvalue weighted by atomic mass is 9.93. The van der Waals surface area contributed by atoms with Crippen molar-refractivity contribution in [3.05, 3.63) is 42.2 Å². The van der Waals surface area contributed by atoms with Crippen LogP contribution in [0.1, 0.15) is 44.1 Å². The maximum Gasteiger partial charge on any atom is 0.224 e. The minimum Gasteiger partial charge on any atom is -0.352 e. The van der Waals surface area contributed by atoms with E-state index in [4.69, 9.17) is 0 Å². The molecule has 0 aromatic carbocycles. The largest absolute Gasteiger partial charge is 0.352 e. The zero-order valence-electron chi connectivity index (χ0n) is 16.2. The number of pyridine rings is 1. The van der Waals surface area contributed by atoms with Gasteiger partial charge in [0.05, 0.1) is 5.92 Å². The SMILES string of the molecule is O=C(NC1CC=CC1)C1CCCN(C2CCN(Cc3ccncc3)CC2)C1. The Bertz CT molecular complexity index is 631. The van der Waals surface area contributed by atoms with E-state index in [0.29, 0.717) is 12.1 Å². The van der Waals surface area contributed by atoms with E-state index in [1.54, 1.807) is 0 Å². The summed E-state index contributed by atoms with van der Waals surface area (Å²) in [7, 11) is 0. The zero-order chi connectivity index (χ0) is 18.5. The van der Waals surface area contributed by atoms with Gasteiger partial charge in [0.25, 0.3) is 0 Å². The molecule has 27 heavy (non-hydrogen) atoms. The number of nitrogens with zero attached hydrogens (tertiary/aromatic N) is 3. The third-order valence-corrected chi connectivity index (χ3v) is 6.41. The number of hydrogen-bond acceptors (Lipinski definition) is 4. The number of carbonyl (C=O) groups is 1. The number of amides is 1. The standard InChI is InChI=1S/C22H32N4O/c27-22(24-20-5-1-2-6-20)19-4-3-13-26(17-19)21-9-14-25(15-10-21)16-18-7-11-23-12-8-18/h1-2,7-8,11-12,19-21H,3-6,9-10,13-17H2,(H,24,27). The van der Waals surface area contributed by atoms with Crippen molar-refractivity contribution in [1.82, 2.24) is 20.1 Å². The highest BCUT2D eigenvalue weighted by Crippen LogP contribution is 2.25. The van der Waals surface area contributed by atoms with E-state index in [1.165, 1.54) is 18.4 Å². The van der Waals surface area contributed by atoms with Gasteiger partial charge >= 0.3 is 0 Å². The normalized spacial score (nSPS) is 25.7. The van der Waals surface area contributed by atoms with Gasteiger partial charge in [-0.2, -0.15) is 0 Å². The number of aromatic nitrogens is 1. The van der Waals surface area contributed by atoms with Gasteiger partial charge in [0.2, 0.25) is 5.91 Å². The Balaban J connectivity index is 1.23. The lowest BCUT2D eigenvalue weighted by Gasteiger charge is -2.42. The van der Waals surface area contributed by atoms with E-state index >= 15 is 0 Å². The lowest BCUT2D eigenvalue weighted by Crippen LogP contribution is -2.51. The molecular formula is C22H32N4O. The molecule has 1 aliphatic carbocycles. The molecule has 2 saturated heterocycles. The Morgan fingerprint density at radius 1 is 1.07 bits per heavy atom. The number of carbonyl (C=O) groups excluding carboxylic acids is 1. The van der Waals surface area contributed by atoms with Crippen molar-refractivity contribution < 1.29 is 4.79 Å². The van der Waals surface area contributed by atoms with Gasteiger partial charge in [-0.25, -0.2) is 0 Å². The van der Waals surface area contributed by atoms with Crippen LogP contribution in [0.15, 0.2) is 36.7 Å². The fourth-order valence-electron chi connectivity index (χ4n) is 4.80. The summed E-state index contributed by atoms with van der Waals surface area (Å²) in [6.07, 6.45) is 14.7. The summed E-state index contributed by atoms with van der Waals surface area (Å²) in [5.41, 5.74) is 1.35. The Morgan fingerprint density at radius 2 is 1.81 bits per heavy atom. The second-order valence-electron chi connectivity index (χ2n) is 8.35. The van der Waals surface area contributed by atoms with Crippen molar-refractivity contribution in [1.29, 1.82) is 0 Å². The molecule has 1 atom stereocenters. The van der Waals surface area contributed by atoms with Crippen LogP contribution < -0.4 is 5.32 Å². The van der Waals surface area contributed by atoms with E-state index in [0.717, 1.165) is 58.4 Å². The van der Waals surface area contributed by atoms with Crippen LogP contribution in [-0.4, -0.2) is 59.0 Å². The molecule has 2 fully saturated rings. The highest BCUT2D eigenvalue weighted by atomic mass is 16.2. The number of rotatable bonds is 5. The van der Waals surface area contributed by atoms with Gasteiger partial charge in [0.1, 0.15) is 0 Å². The number of nitrogens with one attached hydrogen (secondary N) is 1. The summed E-state index contributed by atoms with van der Waals surface area (Å²) >= 11 is 0. The first kappa shape index (κ1) is 18.6. The van der Waals surface area contributed by atoms with Crippen molar-refractivity contribution in [2.45, 2.75) is 57.2 Å². The Hall–Kier alpha value is -1.72. The highest BCUT2D eigenvalue weighted by Gasteiger charge is 2.32. The van der Waals surface area contributed by atoms with E-state index in [2.05, 4.69) is 44.4 Å². The molecule has 1 aromatic rings. The van der Waals surface area contributed by atoms with E-state index < -0.39 is 0 Å². The zero-order valence-corrected chi connectivity index (χ0v) is 16.2. The van der Waals surface area contributed by atoms with Crippen molar-refractivity contribution >= 4 is 5.91 Å². The molecule has 0 radical (unpaired) electrons. The predicted octanol–water partition coefficient (Wildman–Crippen LogP) is 2.59. The maximum atomic E-state index is 12.7. The summed E-state index contributed by atoms with van der Waals surface area (Å²) in [6.45, 7) is 5.42. The molecule has 0 spiro atoms. The van der Waals surface area contributed by atoms with Gasteiger partial charge in [-0.05, 0) is 75.9 Å². The topological polar surface area (TPSA) is 48.5 Å². The Morgan fingerprint density at radius 3 is 2.56 bits per heavy atom. The molecule has 0 bridgehead atoms. The molecule has 3 heterocycles. The summed E-state index contributed by atoms with van der Waals surface area (Å²) < 4.78 is 0. The maximum absolute atomic E-state index is 12.7. The second-order valence-corrected chi connectivity index (χ2v) is 8.35. The summed E-state index contributed by atoms with van der Waals surface area (Å²) in [6, 6.07) is 5.20. The molecule has 1 N–H and O–H groups in total. The summed E-state index contributed by atoms with van der Waals surface area (Å²) in [5, 5.41) is 3.26. The van der Waals surface area contributed by atoms with Crippen molar-refractivity contribution in [3.63, 3.8) is 0 Å². The predicted molar refractivity (Wildman–Crippen MR) is 107 cm³/mol. The summed E-state index contributed by atoms with van der Waals surface area (Å²) in [4.78, 5) is 21.9. The van der Waals surface area contributed by atoms with Crippen LogP contribution in [0, 0.1) is 5.92 Å². The average Bonchev–Trinajstić information content (AvgIpc) is 3.22. The fraction of sp³-hybridized carbons (Fsp3) is 0.636. The molecule has 2 aliphatic heterocycles. The molecule has 5 nitrogen and oxygen atoms in total. The van der Waals surface area contributed by atoms with Gasteiger partial charge in [-0.15, -0.1) is 0 Å². The van der Waals surface area contributed by atoms with Crippen LogP contribution in [0.5, 0.6) is 0 Å². The molecule has 5 heteroatoms. The van der Waals surface area contributed by atoms with Gasteiger partial charge in [-0.3, -0.25) is 19.6 Å². The Labute approximate surface area is 162 Å². The number of likely N-dealkylation sites (tertiary alicyclic amines) is 2. The minimum atomic E-state index is 0.175. The third-order valence-electron chi connectivity index (χ3n) is 6.41. The molecular weight excluding hydrogens is 336 g/mol. The molecule has 146 valence electrons. The van der Waals surface area contributed by atoms with E-state index in [-0.39, 0.29) is 11.8 Å². The van der Waals surface area contributed by atoms with Crippen LogP contribution in [0.25, 0.3) is 0 Å². The van der Waals surface area contributed by atoms with Crippen molar-refractivity contribution in [2.24, 2.45) is 5.92 Å². The van der Waals surface area contributed by atoms with Gasteiger partial charge in [0, 0.05) is 37.6 Å². The molecule has 1 amide bonds. The third kappa shape index (κ3) is 4.96. The van der Waals surface area contributed by atoms with Crippen LogP contribution in [-0.2, 0) is 11.3 Å². The van der Waals surface area contributed by atoms with Crippen LogP contribution in [0.4, 0.5) is 0 Å². The average molecular weight is 369 g/mol. The first-order valence-corrected chi connectivity index (χ1v) is 10.6. The van der Waals surface area contributed by atoms with Crippen LogP contribution >= 0.6 is 0 Å². The van der Waals surface area contributed by atoms with Crippen molar-refractivity contribution in [3.8, 4) is 0 Å². The Kier molecular flexibility index (Phi) is 6.20. The van der Waals surface area contributed by atoms with Gasteiger partial charge in [-0.1, -0.05) is 12.2 Å². The smallest absolute Gasteiger partial charge is 0.224 e. The lowest BCUT2D eigenvalue weighted by molar-refractivity contribution is -0.127. The van der Waals surface area contributed by atoms with Gasteiger partial charge in [0.15, 0.2) is 0 Å². The van der Waals surface area contributed by atoms with E-state index in [1.807, 2.05) is 12.4 Å². The quantitative estimate of drug-likeness (QED) is 0.812. The summed E-state index contributed by atoms with van der Waals surface area (Å²) in [5.74, 6) is 0.456. The highest BCUT2D eigenvalue weighted by molar-refractivity contribution is 5.79. The monoisotopic (exact) mass is 368 g/mol. The molecule has 3 aliphatic rings.